The maximum atomic E-state index is 3.80. The van der Waals surface area contributed by atoms with E-state index in [2.05, 4.69) is 212 Å². The molecule has 6 aromatic carbocycles. The van der Waals surface area contributed by atoms with E-state index in [4.69, 9.17) is 0 Å². The minimum Gasteiger partial charge on any atom is -0.311 e. The molecule has 0 amide bonds. The highest BCUT2D eigenvalue weighted by Crippen LogP contribution is 2.63. The monoisotopic (exact) mass is 707 g/mol. The zero-order chi connectivity index (χ0) is 30.6. The van der Waals surface area contributed by atoms with Gasteiger partial charge < -0.3 is 4.90 Å². The summed E-state index contributed by atoms with van der Waals surface area (Å²) >= 11 is 7.20. The van der Waals surface area contributed by atoms with Gasteiger partial charge in [-0.05, 0) is 95.4 Å². The van der Waals surface area contributed by atoms with Crippen molar-refractivity contribution in [2.75, 3.05) is 4.90 Å². The van der Waals surface area contributed by atoms with Crippen molar-refractivity contribution < 1.29 is 0 Å². The van der Waals surface area contributed by atoms with Crippen LogP contribution in [0, 0.1) is 5.92 Å². The van der Waals surface area contributed by atoms with Crippen molar-refractivity contribution in [1.82, 2.24) is 0 Å². The highest BCUT2D eigenvalue weighted by atomic mass is 79.9. The van der Waals surface area contributed by atoms with E-state index in [9.17, 15) is 0 Å². The van der Waals surface area contributed by atoms with Gasteiger partial charge in [-0.2, -0.15) is 0 Å². The van der Waals surface area contributed by atoms with E-state index in [1.165, 1.54) is 22.3 Å². The van der Waals surface area contributed by atoms with Crippen molar-refractivity contribution in [2.24, 2.45) is 5.92 Å². The molecule has 1 saturated carbocycles. The maximum Gasteiger partial charge on any atom is 0.0462 e. The van der Waals surface area contributed by atoms with Crippen LogP contribution in [0.25, 0.3) is 11.6 Å². The second kappa shape index (κ2) is 12.9. The number of hydrogen-bond acceptors (Lipinski definition) is 1. The fourth-order valence-corrected chi connectivity index (χ4v) is 6.93. The average Bonchev–Trinajstić information content (AvgIpc) is 3.85. The first-order valence-corrected chi connectivity index (χ1v) is 16.7. The molecular formula is C42H31Br2N. The Morgan fingerprint density at radius 2 is 0.978 bits per heavy atom. The molecule has 3 heteroatoms. The topological polar surface area (TPSA) is 3.24 Å². The molecular weight excluding hydrogens is 678 g/mol. The Morgan fingerprint density at radius 1 is 0.556 bits per heavy atom. The largest absolute Gasteiger partial charge is 0.311 e. The van der Waals surface area contributed by atoms with Crippen LogP contribution < -0.4 is 4.90 Å². The lowest BCUT2D eigenvalue weighted by Gasteiger charge is -2.26. The third kappa shape index (κ3) is 6.13. The molecule has 0 heterocycles. The first-order chi connectivity index (χ1) is 22.1. The summed E-state index contributed by atoms with van der Waals surface area (Å²) in [5.41, 5.74) is 13.3. The quantitative estimate of drug-likeness (QED) is 0.142. The number of anilines is 3. The van der Waals surface area contributed by atoms with Gasteiger partial charge in [0.2, 0.25) is 0 Å². The Labute approximate surface area is 282 Å². The van der Waals surface area contributed by atoms with E-state index in [1.54, 1.807) is 0 Å². The third-order valence-corrected chi connectivity index (χ3v) is 9.74. The fraction of sp³-hybridized carbons (Fsp3) is 0.0714. The Morgan fingerprint density at radius 3 is 1.44 bits per heavy atom. The zero-order valence-electron chi connectivity index (χ0n) is 24.7. The Kier molecular flexibility index (Phi) is 8.41. The summed E-state index contributed by atoms with van der Waals surface area (Å²) in [7, 11) is 0. The molecule has 1 atom stereocenters. The third-order valence-electron chi connectivity index (χ3n) is 8.69. The van der Waals surface area contributed by atoms with Gasteiger partial charge in [-0.25, -0.2) is 0 Å². The van der Waals surface area contributed by atoms with Crippen LogP contribution in [0.15, 0.2) is 178 Å². The van der Waals surface area contributed by atoms with E-state index < -0.39 is 0 Å². The zero-order valence-corrected chi connectivity index (χ0v) is 27.8. The molecule has 0 aromatic heterocycles. The van der Waals surface area contributed by atoms with Gasteiger partial charge >= 0.3 is 0 Å². The van der Waals surface area contributed by atoms with E-state index in [1.807, 2.05) is 0 Å². The molecule has 1 aliphatic carbocycles. The second-order valence-corrected chi connectivity index (χ2v) is 13.2. The fourth-order valence-electron chi connectivity index (χ4n) is 6.40. The minimum atomic E-state index is -0.0884. The van der Waals surface area contributed by atoms with Gasteiger partial charge in [0, 0.05) is 42.9 Å². The smallest absolute Gasteiger partial charge is 0.0462 e. The van der Waals surface area contributed by atoms with E-state index in [0.29, 0.717) is 5.92 Å². The van der Waals surface area contributed by atoms with Gasteiger partial charge in [-0.3, -0.25) is 0 Å². The highest BCUT2D eigenvalue weighted by molar-refractivity contribution is 9.10. The lowest BCUT2D eigenvalue weighted by molar-refractivity contribution is 0.798. The molecule has 0 N–H and O–H groups in total. The number of rotatable bonds is 8. The molecule has 0 bridgehead atoms. The molecule has 218 valence electrons. The van der Waals surface area contributed by atoms with Crippen molar-refractivity contribution >= 4 is 60.6 Å². The van der Waals surface area contributed by atoms with E-state index in [0.717, 1.165) is 38.0 Å². The van der Waals surface area contributed by atoms with Crippen LogP contribution in [-0.2, 0) is 5.41 Å². The van der Waals surface area contributed by atoms with Crippen LogP contribution in [-0.4, -0.2) is 0 Å². The van der Waals surface area contributed by atoms with Gasteiger partial charge in [-0.1, -0.05) is 135 Å². The Balaban J connectivity index is 1.33. The molecule has 0 saturated heterocycles. The standard InChI is InChI=1S/C42H31Br2N/c43-35-19-25-38(26-20-35)45(39-27-21-36(44)22-28-39)37-23-17-32(18-24-37)40(29-16-31-10-4-1-5-11-31)41-30-42(41,33-12-6-2-7-13-33)34-14-8-3-9-15-34/h1-28,41H,30H2. The lowest BCUT2D eigenvalue weighted by atomic mass is 9.83. The Bertz CT molecular complexity index is 1860. The molecule has 1 unspecified atom stereocenters. The van der Waals surface area contributed by atoms with Crippen LogP contribution in [0.3, 0.4) is 0 Å². The van der Waals surface area contributed by atoms with Gasteiger partial charge in [-0.15, -0.1) is 5.73 Å². The SMILES string of the molecule is Brc1ccc(N(c2ccc(Br)cc2)c2ccc(C(=C=Cc3ccccc3)C3CC3(c3ccccc3)c3ccccc3)cc2)cc1. The van der Waals surface area contributed by atoms with Crippen molar-refractivity contribution in [3.8, 4) is 0 Å². The summed E-state index contributed by atoms with van der Waals surface area (Å²) in [6, 6.07) is 58.4. The molecule has 1 fully saturated rings. The van der Waals surface area contributed by atoms with Crippen LogP contribution in [0.1, 0.15) is 28.7 Å². The average molecular weight is 710 g/mol. The molecule has 7 rings (SSSR count). The van der Waals surface area contributed by atoms with Gasteiger partial charge in [0.25, 0.3) is 0 Å². The summed E-state index contributed by atoms with van der Waals surface area (Å²) in [6.45, 7) is 0. The van der Waals surface area contributed by atoms with Gasteiger partial charge in [0.1, 0.15) is 0 Å². The summed E-state index contributed by atoms with van der Waals surface area (Å²) in [4.78, 5) is 2.29. The number of allylic oxidation sites excluding steroid dienone is 1. The number of hydrogen-bond donors (Lipinski definition) is 0. The second-order valence-electron chi connectivity index (χ2n) is 11.4. The predicted molar refractivity (Wildman–Crippen MR) is 196 cm³/mol. The van der Waals surface area contributed by atoms with Crippen molar-refractivity contribution in [3.05, 3.63) is 201 Å². The van der Waals surface area contributed by atoms with Gasteiger partial charge in [0.05, 0.1) is 0 Å². The summed E-state index contributed by atoms with van der Waals surface area (Å²) in [5.74, 6) is 0.294. The molecule has 6 aromatic rings. The van der Waals surface area contributed by atoms with Crippen LogP contribution >= 0.6 is 31.9 Å². The van der Waals surface area contributed by atoms with Crippen LogP contribution in [0.4, 0.5) is 17.1 Å². The maximum absolute atomic E-state index is 3.80. The molecule has 1 nitrogen and oxygen atoms in total. The summed E-state index contributed by atoms with van der Waals surface area (Å²) in [5, 5.41) is 0. The van der Waals surface area contributed by atoms with Crippen molar-refractivity contribution in [3.63, 3.8) is 0 Å². The van der Waals surface area contributed by atoms with Crippen LogP contribution in [0.5, 0.6) is 0 Å². The van der Waals surface area contributed by atoms with Crippen molar-refractivity contribution in [2.45, 2.75) is 11.8 Å². The van der Waals surface area contributed by atoms with Crippen LogP contribution in [0.2, 0.25) is 0 Å². The van der Waals surface area contributed by atoms with E-state index in [-0.39, 0.29) is 5.41 Å². The molecule has 0 spiro atoms. The van der Waals surface area contributed by atoms with E-state index >= 15 is 0 Å². The predicted octanol–water partition coefficient (Wildman–Crippen LogP) is 12.4. The number of halogens is 2. The normalized spacial score (nSPS) is 14.7. The molecule has 45 heavy (non-hydrogen) atoms. The first-order valence-electron chi connectivity index (χ1n) is 15.2. The number of nitrogens with zero attached hydrogens (tertiary/aromatic N) is 1. The minimum absolute atomic E-state index is 0.0884. The molecule has 1 aliphatic rings. The Hall–Kier alpha value is -4.40. The lowest BCUT2D eigenvalue weighted by Crippen LogP contribution is -2.13. The van der Waals surface area contributed by atoms with Gasteiger partial charge in [0.15, 0.2) is 0 Å². The molecule has 0 radical (unpaired) electrons. The van der Waals surface area contributed by atoms with Crippen molar-refractivity contribution in [1.29, 1.82) is 0 Å². The highest BCUT2D eigenvalue weighted by Gasteiger charge is 2.58. The summed E-state index contributed by atoms with van der Waals surface area (Å²) in [6.07, 6.45) is 3.18. The summed E-state index contributed by atoms with van der Waals surface area (Å²) < 4.78 is 2.11. The molecule has 0 aliphatic heterocycles. The first kappa shape index (κ1) is 29.3. The number of benzene rings is 6.